The smallest absolute Gasteiger partial charge is 0.199 e. The summed E-state index contributed by atoms with van der Waals surface area (Å²) in [4.78, 5) is 27.9. The minimum absolute atomic E-state index is 0.0294. The number of ketones is 2. The van der Waals surface area contributed by atoms with Crippen LogP contribution in [-0.2, 0) is 6.42 Å². The number of aliphatic hydroxyl groups is 1. The maximum Gasteiger partial charge on any atom is 0.199 e. The van der Waals surface area contributed by atoms with Crippen LogP contribution in [0.5, 0.6) is 40.2 Å². The minimum Gasteiger partial charge on any atom is -0.508 e. The molecule has 258 valence electrons. The third-order valence-corrected chi connectivity index (χ3v) is 9.52. The molecule has 0 bridgehead atoms. The number of carbonyl (C=O) groups is 2. The van der Waals surface area contributed by atoms with Gasteiger partial charge in [-0.1, -0.05) is 35.4 Å². The molecule has 6 rings (SSSR count). The largest absolute Gasteiger partial charge is 0.508 e. The van der Waals surface area contributed by atoms with E-state index in [0.717, 1.165) is 17.2 Å². The second-order valence-corrected chi connectivity index (χ2v) is 13.3. The van der Waals surface area contributed by atoms with Gasteiger partial charge >= 0.3 is 0 Å². The van der Waals surface area contributed by atoms with E-state index >= 15 is 0 Å². The first kappa shape index (κ1) is 34.1. The molecule has 1 aliphatic carbocycles. The second-order valence-electron chi connectivity index (χ2n) is 13.3. The van der Waals surface area contributed by atoms with Crippen molar-refractivity contribution < 1.29 is 50.1 Å². The van der Waals surface area contributed by atoms with Crippen LogP contribution in [0.1, 0.15) is 88.1 Å². The van der Waals surface area contributed by atoms with E-state index in [2.05, 4.69) is 0 Å². The predicted octanol–water partition coefficient (Wildman–Crippen LogP) is 6.82. The van der Waals surface area contributed by atoms with E-state index in [-0.39, 0.29) is 51.2 Å². The minimum atomic E-state index is -1.69. The molecule has 2 aliphatic rings. The summed E-state index contributed by atoms with van der Waals surface area (Å²) < 4.78 is 5.98. The van der Waals surface area contributed by atoms with Crippen molar-refractivity contribution in [1.29, 1.82) is 0 Å². The van der Waals surface area contributed by atoms with Gasteiger partial charge in [0.15, 0.2) is 23.8 Å². The van der Waals surface area contributed by atoms with Crippen LogP contribution in [0.25, 0.3) is 0 Å². The Morgan fingerprint density at radius 1 is 0.820 bits per heavy atom. The summed E-state index contributed by atoms with van der Waals surface area (Å²) in [7, 11) is 0. The third-order valence-electron chi connectivity index (χ3n) is 9.52. The first-order valence-electron chi connectivity index (χ1n) is 16.2. The Hall–Kier alpha value is -5.74. The summed E-state index contributed by atoms with van der Waals surface area (Å²) in [6, 6.07) is 15.2. The van der Waals surface area contributed by atoms with Crippen molar-refractivity contribution >= 4 is 11.6 Å². The molecule has 10 heteroatoms. The lowest BCUT2D eigenvalue weighted by atomic mass is 9.65. The zero-order chi connectivity index (χ0) is 36.0. The molecule has 0 saturated carbocycles. The van der Waals surface area contributed by atoms with Crippen LogP contribution in [0.2, 0.25) is 0 Å². The fourth-order valence-electron chi connectivity index (χ4n) is 7.03. The van der Waals surface area contributed by atoms with E-state index in [9.17, 15) is 45.3 Å². The van der Waals surface area contributed by atoms with Crippen LogP contribution in [0.3, 0.4) is 0 Å². The molecule has 0 unspecified atom stereocenters. The van der Waals surface area contributed by atoms with Crippen molar-refractivity contribution in [2.75, 3.05) is 0 Å². The van der Waals surface area contributed by atoms with Crippen LogP contribution in [0.4, 0.5) is 0 Å². The molecule has 0 radical (unpaired) electrons. The normalized spacial score (nSPS) is 21.5. The van der Waals surface area contributed by atoms with Crippen LogP contribution in [-0.4, -0.2) is 53.4 Å². The Morgan fingerprint density at radius 3 is 2.26 bits per heavy atom. The molecule has 1 heterocycles. The maximum atomic E-state index is 14.8. The van der Waals surface area contributed by atoms with Crippen molar-refractivity contribution in [2.24, 2.45) is 5.92 Å². The Bertz CT molecular complexity index is 2070. The summed E-state index contributed by atoms with van der Waals surface area (Å²) >= 11 is 0. The highest BCUT2D eigenvalue weighted by Crippen LogP contribution is 2.51. The van der Waals surface area contributed by atoms with Crippen molar-refractivity contribution in [3.8, 4) is 40.2 Å². The molecule has 0 fully saturated rings. The average molecular weight is 679 g/mol. The average Bonchev–Trinajstić information content (AvgIpc) is 3.05. The number of hydrogen-bond acceptors (Lipinski definition) is 10. The van der Waals surface area contributed by atoms with E-state index in [1.807, 2.05) is 32.9 Å². The van der Waals surface area contributed by atoms with Gasteiger partial charge < -0.3 is 40.5 Å². The van der Waals surface area contributed by atoms with E-state index in [4.69, 9.17) is 4.74 Å². The van der Waals surface area contributed by atoms with Gasteiger partial charge in [0.1, 0.15) is 40.2 Å². The lowest BCUT2D eigenvalue weighted by Crippen LogP contribution is -2.36. The van der Waals surface area contributed by atoms with Crippen molar-refractivity contribution in [1.82, 2.24) is 0 Å². The quantitative estimate of drug-likeness (QED) is 0.0808. The van der Waals surface area contributed by atoms with Gasteiger partial charge in [0.25, 0.3) is 0 Å². The van der Waals surface area contributed by atoms with Crippen LogP contribution < -0.4 is 4.74 Å². The predicted molar refractivity (Wildman–Crippen MR) is 184 cm³/mol. The summed E-state index contributed by atoms with van der Waals surface area (Å²) in [6.07, 6.45) is 1.40. The van der Waals surface area contributed by atoms with Gasteiger partial charge in [-0.2, -0.15) is 0 Å². The molecule has 1 aliphatic heterocycles. The van der Waals surface area contributed by atoms with Gasteiger partial charge in [-0.3, -0.25) is 9.59 Å². The molecule has 0 aromatic heterocycles. The van der Waals surface area contributed by atoms with Gasteiger partial charge in [-0.05, 0) is 86.7 Å². The second kappa shape index (κ2) is 13.3. The van der Waals surface area contributed by atoms with Crippen molar-refractivity contribution in [3.63, 3.8) is 0 Å². The zero-order valence-corrected chi connectivity index (χ0v) is 27.7. The summed E-state index contributed by atoms with van der Waals surface area (Å²) in [5.41, 5.74) is 3.32. The number of hydrogen-bond donors (Lipinski definition) is 7. The molecule has 10 nitrogen and oxygen atoms in total. The number of carbonyl (C=O) groups excluding carboxylic acids is 2. The number of rotatable bonds is 7. The number of phenolic OH excluding ortho intramolecular Hbond substituents is 6. The number of allylic oxidation sites excluding steroid dienone is 4. The maximum absolute atomic E-state index is 14.8. The lowest BCUT2D eigenvalue weighted by molar-refractivity contribution is 0.0207. The SMILES string of the molecule is CC(C)=CCc1cc(C(=O)[C@@H]2[C@@H](c3ccc(O)cc3O)CC(C)=C[C@H]2c2ccc(O)c([C@H]3Oc4cc(O)ccc4C(=O)[C@@H]3O)c2)c(O)cc1O. The van der Waals surface area contributed by atoms with Gasteiger partial charge in [0.05, 0.1) is 11.1 Å². The van der Waals surface area contributed by atoms with E-state index in [0.29, 0.717) is 29.5 Å². The third kappa shape index (κ3) is 6.37. The Kier molecular flexibility index (Phi) is 9.07. The Labute approximate surface area is 288 Å². The number of aromatic hydroxyl groups is 6. The molecule has 7 N–H and O–H groups in total. The van der Waals surface area contributed by atoms with Crippen molar-refractivity contribution in [3.05, 3.63) is 123 Å². The molecule has 0 saturated heterocycles. The monoisotopic (exact) mass is 678 g/mol. The van der Waals surface area contributed by atoms with Crippen LogP contribution in [0, 0.1) is 5.92 Å². The fourth-order valence-corrected chi connectivity index (χ4v) is 7.03. The van der Waals surface area contributed by atoms with Gasteiger partial charge in [0, 0.05) is 41.5 Å². The summed E-state index contributed by atoms with van der Waals surface area (Å²) in [6.45, 7) is 5.69. The zero-order valence-electron chi connectivity index (χ0n) is 27.7. The number of aliphatic hydroxyl groups excluding tert-OH is 1. The molecule has 4 aromatic carbocycles. The summed E-state index contributed by atoms with van der Waals surface area (Å²) in [5.74, 6) is -4.84. The fraction of sp³-hybridized carbons (Fsp3) is 0.250. The molecule has 5 atom stereocenters. The van der Waals surface area contributed by atoms with Gasteiger partial charge in [-0.25, -0.2) is 0 Å². The molecular formula is C40H38O10. The van der Waals surface area contributed by atoms with E-state index < -0.39 is 47.3 Å². The highest BCUT2D eigenvalue weighted by molar-refractivity contribution is 6.03. The number of fused-ring (bicyclic) bond motifs is 1. The molecular weight excluding hydrogens is 640 g/mol. The van der Waals surface area contributed by atoms with Crippen molar-refractivity contribution in [2.45, 2.75) is 57.7 Å². The van der Waals surface area contributed by atoms with Gasteiger partial charge in [0.2, 0.25) is 0 Å². The van der Waals surface area contributed by atoms with E-state index in [1.54, 1.807) is 18.2 Å². The van der Waals surface area contributed by atoms with Gasteiger partial charge in [-0.15, -0.1) is 0 Å². The molecule has 50 heavy (non-hydrogen) atoms. The molecule has 0 spiro atoms. The van der Waals surface area contributed by atoms with Crippen LogP contribution >= 0.6 is 0 Å². The molecule has 0 amide bonds. The topological polar surface area (TPSA) is 185 Å². The first-order valence-corrected chi connectivity index (χ1v) is 16.2. The highest BCUT2D eigenvalue weighted by atomic mass is 16.5. The number of benzene rings is 4. The Morgan fingerprint density at radius 2 is 1.54 bits per heavy atom. The number of Topliss-reactive ketones (excluding diaryl/α,β-unsaturated/α-hetero) is 2. The number of ether oxygens (including phenoxy) is 1. The first-order chi connectivity index (χ1) is 23.7. The summed E-state index contributed by atoms with van der Waals surface area (Å²) in [5, 5.41) is 74.8. The van der Waals surface area contributed by atoms with E-state index in [1.165, 1.54) is 42.5 Å². The standard InChI is InChI=1S/C40H38O10/c1-19(2)4-5-22-15-29(34(46)18-32(22)44)37(47)36-27(12-20(3)13-28(36)25-9-7-23(41)16-33(25)45)21-6-11-31(43)30(14-21)40-39(49)38(48)26-10-8-24(42)17-35(26)50-40/h4,6-12,14-18,27-28,36,39-46,49H,5,13H2,1-3H3/t27-,28+,36-,39-,40+/m0/s1. The highest BCUT2D eigenvalue weighted by Gasteiger charge is 2.43. The number of phenols is 6. The lowest BCUT2D eigenvalue weighted by Gasteiger charge is -2.37. The Balaban J connectivity index is 1.49. The van der Waals surface area contributed by atoms with Crippen LogP contribution in [0.15, 0.2) is 90.0 Å². The molecule has 4 aromatic rings.